The van der Waals surface area contributed by atoms with Crippen LogP contribution in [0, 0.1) is 22.7 Å². The normalized spacial score (nSPS) is 50.2. The van der Waals surface area contributed by atoms with Crippen LogP contribution in [0.15, 0.2) is 0 Å². The summed E-state index contributed by atoms with van der Waals surface area (Å²) in [6.45, 7) is 8.76. The van der Waals surface area contributed by atoms with Crippen LogP contribution in [0.2, 0.25) is 0 Å². The zero-order valence-electron chi connectivity index (χ0n) is 8.48. The average Bonchev–Trinajstić information content (AvgIpc) is 2.32. The number of carbonyl (C=O) groups excluding carboxylic acids is 1. The van der Waals surface area contributed by atoms with Gasteiger partial charge in [0.1, 0.15) is 5.78 Å². The van der Waals surface area contributed by atoms with Gasteiger partial charge in [0.25, 0.3) is 0 Å². The molecule has 0 heterocycles. The third kappa shape index (κ3) is 0.681. The molecule has 0 aliphatic heterocycles. The molecule has 0 N–H and O–H groups in total. The third-order valence-corrected chi connectivity index (χ3v) is 4.59. The van der Waals surface area contributed by atoms with Crippen molar-refractivity contribution in [2.24, 2.45) is 22.7 Å². The van der Waals surface area contributed by atoms with Crippen molar-refractivity contribution in [2.75, 3.05) is 0 Å². The van der Waals surface area contributed by atoms with Gasteiger partial charge in [0, 0.05) is 11.3 Å². The van der Waals surface area contributed by atoms with Crippen LogP contribution < -0.4 is 0 Å². The molecule has 0 aromatic rings. The molecule has 0 aromatic carbocycles. The first-order valence-electron chi connectivity index (χ1n) is 4.93. The van der Waals surface area contributed by atoms with E-state index in [2.05, 4.69) is 27.7 Å². The van der Waals surface area contributed by atoms with E-state index >= 15 is 0 Å². The van der Waals surface area contributed by atoms with Gasteiger partial charge in [-0.05, 0) is 24.2 Å². The second-order valence-electron chi connectivity index (χ2n) is 5.54. The molecular weight excluding hydrogens is 148 g/mol. The van der Waals surface area contributed by atoms with Crippen LogP contribution in [0.4, 0.5) is 0 Å². The van der Waals surface area contributed by atoms with E-state index in [1.54, 1.807) is 0 Å². The fourth-order valence-electron chi connectivity index (χ4n) is 3.25. The van der Waals surface area contributed by atoms with E-state index in [0.717, 1.165) is 6.42 Å². The van der Waals surface area contributed by atoms with Crippen molar-refractivity contribution >= 4 is 5.78 Å². The molecule has 2 aliphatic rings. The first kappa shape index (κ1) is 8.28. The monoisotopic (exact) mass is 166 g/mol. The molecule has 2 fully saturated rings. The summed E-state index contributed by atoms with van der Waals surface area (Å²) in [7, 11) is 0. The van der Waals surface area contributed by atoms with E-state index in [1.165, 1.54) is 6.42 Å². The highest BCUT2D eigenvalue weighted by molar-refractivity contribution is 5.91. The number of hydrogen-bond acceptors (Lipinski definition) is 1. The number of rotatable bonds is 0. The maximum atomic E-state index is 11.9. The smallest absolute Gasteiger partial charge is 0.142 e. The molecule has 12 heavy (non-hydrogen) atoms. The summed E-state index contributed by atoms with van der Waals surface area (Å²) in [6.07, 6.45) is 2.39. The SMILES string of the molecule is CC1CC2(C)CC1C(=O)C2(C)C. The molecule has 2 aliphatic carbocycles. The summed E-state index contributed by atoms with van der Waals surface area (Å²) in [4.78, 5) is 11.9. The molecular formula is C11H18O. The topological polar surface area (TPSA) is 17.1 Å². The van der Waals surface area contributed by atoms with Crippen LogP contribution in [0.25, 0.3) is 0 Å². The molecule has 68 valence electrons. The molecule has 1 nitrogen and oxygen atoms in total. The minimum absolute atomic E-state index is 0.0514. The Kier molecular flexibility index (Phi) is 1.34. The average molecular weight is 166 g/mol. The van der Waals surface area contributed by atoms with Crippen molar-refractivity contribution < 1.29 is 4.79 Å². The first-order chi connectivity index (χ1) is 5.38. The highest BCUT2D eigenvalue weighted by atomic mass is 16.1. The molecule has 0 amide bonds. The zero-order valence-corrected chi connectivity index (χ0v) is 8.48. The van der Waals surface area contributed by atoms with Gasteiger partial charge in [0.2, 0.25) is 0 Å². The van der Waals surface area contributed by atoms with Crippen molar-refractivity contribution in [1.29, 1.82) is 0 Å². The first-order valence-corrected chi connectivity index (χ1v) is 4.93. The van der Waals surface area contributed by atoms with Crippen molar-refractivity contribution in [3.8, 4) is 0 Å². The Labute approximate surface area is 74.5 Å². The summed E-state index contributed by atoms with van der Waals surface area (Å²) in [5.41, 5.74) is 0.248. The van der Waals surface area contributed by atoms with Crippen LogP contribution >= 0.6 is 0 Å². The number of carbonyl (C=O) groups is 1. The molecule has 0 radical (unpaired) electrons. The Morgan fingerprint density at radius 3 is 2.17 bits per heavy atom. The third-order valence-electron chi connectivity index (χ3n) is 4.59. The molecule has 1 heteroatoms. The second-order valence-corrected chi connectivity index (χ2v) is 5.54. The minimum atomic E-state index is -0.0514. The zero-order chi connectivity index (χ0) is 9.15. The van der Waals surface area contributed by atoms with E-state index in [1.807, 2.05) is 0 Å². The van der Waals surface area contributed by atoms with Gasteiger partial charge in [-0.25, -0.2) is 0 Å². The summed E-state index contributed by atoms with van der Waals surface area (Å²) in [5, 5.41) is 0. The molecule has 3 atom stereocenters. The lowest BCUT2D eigenvalue weighted by Crippen LogP contribution is -2.39. The van der Waals surface area contributed by atoms with E-state index in [9.17, 15) is 4.79 Å². The molecule has 2 bridgehead atoms. The maximum absolute atomic E-state index is 11.9. The Balaban J connectivity index is 2.43. The van der Waals surface area contributed by atoms with Crippen molar-refractivity contribution in [3.05, 3.63) is 0 Å². The van der Waals surface area contributed by atoms with Gasteiger partial charge in [0.15, 0.2) is 0 Å². The highest BCUT2D eigenvalue weighted by Crippen LogP contribution is 2.63. The van der Waals surface area contributed by atoms with Gasteiger partial charge in [-0.3, -0.25) is 4.79 Å². The van der Waals surface area contributed by atoms with E-state index in [4.69, 9.17) is 0 Å². The van der Waals surface area contributed by atoms with Crippen LogP contribution in [-0.2, 0) is 4.79 Å². The minimum Gasteiger partial charge on any atom is -0.299 e. The summed E-state index contributed by atoms with van der Waals surface area (Å²) < 4.78 is 0. The number of Topliss-reactive ketones (excluding diaryl/α,β-unsaturated/α-hetero) is 1. The van der Waals surface area contributed by atoms with Gasteiger partial charge < -0.3 is 0 Å². The molecule has 2 saturated carbocycles. The van der Waals surface area contributed by atoms with Gasteiger partial charge in [0.05, 0.1) is 0 Å². The second kappa shape index (κ2) is 1.94. The van der Waals surface area contributed by atoms with E-state index in [-0.39, 0.29) is 5.41 Å². The number of hydrogen-bond donors (Lipinski definition) is 0. The fourth-order valence-corrected chi connectivity index (χ4v) is 3.25. The van der Waals surface area contributed by atoms with Crippen LogP contribution in [0.1, 0.15) is 40.5 Å². The highest BCUT2D eigenvalue weighted by Gasteiger charge is 2.62. The Morgan fingerprint density at radius 2 is 1.83 bits per heavy atom. The largest absolute Gasteiger partial charge is 0.299 e. The molecule has 3 unspecified atom stereocenters. The van der Waals surface area contributed by atoms with Gasteiger partial charge in [-0.15, -0.1) is 0 Å². The molecule has 0 aromatic heterocycles. The van der Waals surface area contributed by atoms with Crippen LogP contribution in [0.5, 0.6) is 0 Å². The summed E-state index contributed by atoms with van der Waals surface area (Å²) in [6, 6.07) is 0. The standard InChI is InChI=1S/C11H18O/c1-7-5-11(4)6-8(7)9(12)10(11,2)3/h7-8H,5-6H2,1-4H3. The molecule has 0 spiro atoms. The van der Waals surface area contributed by atoms with Crippen LogP contribution in [0.3, 0.4) is 0 Å². The molecule has 0 saturated heterocycles. The lowest BCUT2D eigenvalue weighted by Gasteiger charge is -2.39. The quantitative estimate of drug-likeness (QED) is 0.540. The Morgan fingerprint density at radius 1 is 1.25 bits per heavy atom. The van der Waals surface area contributed by atoms with Gasteiger partial charge in [-0.1, -0.05) is 27.7 Å². The van der Waals surface area contributed by atoms with Crippen molar-refractivity contribution in [2.45, 2.75) is 40.5 Å². The van der Waals surface area contributed by atoms with Gasteiger partial charge in [-0.2, -0.15) is 0 Å². The predicted octanol–water partition coefficient (Wildman–Crippen LogP) is 2.65. The lowest BCUT2D eigenvalue weighted by molar-refractivity contribution is -0.134. The molecule has 2 rings (SSSR count). The lowest BCUT2D eigenvalue weighted by atomic mass is 9.64. The predicted molar refractivity (Wildman–Crippen MR) is 48.8 cm³/mol. The van der Waals surface area contributed by atoms with Gasteiger partial charge >= 0.3 is 0 Å². The van der Waals surface area contributed by atoms with E-state index in [0.29, 0.717) is 23.0 Å². The van der Waals surface area contributed by atoms with E-state index < -0.39 is 0 Å². The summed E-state index contributed by atoms with van der Waals surface area (Å²) in [5.74, 6) is 1.53. The Hall–Kier alpha value is -0.330. The van der Waals surface area contributed by atoms with Crippen molar-refractivity contribution in [1.82, 2.24) is 0 Å². The number of ketones is 1. The van der Waals surface area contributed by atoms with Crippen molar-refractivity contribution in [3.63, 3.8) is 0 Å². The van der Waals surface area contributed by atoms with Crippen LogP contribution in [-0.4, -0.2) is 5.78 Å². The number of fused-ring (bicyclic) bond motifs is 2. The fraction of sp³-hybridized carbons (Fsp3) is 0.909. The Bertz CT molecular complexity index is 241. The summed E-state index contributed by atoms with van der Waals surface area (Å²) >= 11 is 0. The maximum Gasteiger partial charge on any atom is 0.142 e.